The lowest BCUT2D eigenvalue weighted by atomic mass is 9.71. The van der Waals surface area contributed by atoms with Crippen molar-refractivity contribution >= 4 is 0 Å². The van der Waals surface area contributed by atoms with Crippen molar-refractivity contribution in [2.24, 2.45) is 0 Å². The fourth-order valence-corrected chi connectivity index (χ4v) is 3.09. The van der Waals surface area contributed by atoms with Crippen LogP contribution in [0.5, 0.6) is 0 Å². The maximum Gasteiger partial charge on any atom is 0.141 e. The molecule has 0 spiro atoms. The molecule has 0 radical (unpaired) electrons. The lowest BCUT2D eigenvalue weighted by Gasteiger charge is -2.43. The van der Waals surface area contributed by atoms with E-state index in [1.54, 1.807) is 0 Å². The number of hydrogen-bond acceptors (Lipinski definition) is 3. The fourth-order valence-electron chi connectivity index (χ4n) is 3.09. The van der Waals surface area contributed by atoms with E-state index >= 15 is 0 Å². The van der Waals surface area contributed by atoms with Crippen LogP contribution >= 0.6 is 0 Å². The van der Waals surface area contributed by atoms with E-state index in [4.69, 9.17) is 9.15 Å². The van der Waals surface area contributed by atoms with Gasteiger partial charge < -0.3 is 14.3 Å². The molecule has 1 aliphatic heterocycles. The largest absolute Gasteiger partial charge is 0.466 e. The van der Waals surface area contributed by atoms with Gasteiger partial charge >= 0.3 is 0 Å². The summed E-state index contributed by atoms with van der Waals surface area (Å²) in [7, 11) is 0. The summed E-state index contributed by atoms with van der Waals surface area (Å²) in [5.41, 5.74) is 1.87. The minimum Gasteiger partial charge on any atom is -0.466 e. The Bertz CT molecular complexity index is 456. The zero-order chi connectivity index (χ0) is 12.4. The van der Waals surface area contributed by atoms with Crippen molar-refractivity contribution < 1.29 is 14.3 Å². The van der Waals surface area contributed by atoms with Gasteiger partial charge in [-0.05, 0) is 32.1 Å². The van der Waals surface area contributed by atoms with Gasteiger partial charge in [0.05, 0.1) is 18.0 Å². The Kier molecular flexibility index (Phi) is 2.09. The van der Waals surface area contributed by atoms with Crippen LogP contribution in [0.2, 0.25) is 0 Å². The summed E-state index contributed by atoms with van der Waals surface area (Å²) in [6.07, 6.45) is 3.32. The monoisotopic (exact) mass is 236 g/mol. The van der Waals surface area contributed by atoms with Crippen molar-refractivity contribution in [3.05, 3.63) is 23.2 Å². The number of aliphatic hydroxyl groups excluding tert-OH is 1. The van der Waals surface area contributed by atoms with Crippen LogP contribution < -0.4 is 0 Å². The van der Waals surface area contributed by atoms with Crippen molar-refractivity contribution in [1.82, 2.24) is 0 Å². The predicted octanol–water partition coefficient (Wildman–Crippen LogP) is 3.23. The summed E-state index contributed by atoms with van der Waals surface area (Å²) in [6.45, 7) is 8.28. The summed E-state index contributed by atoms with van der Waals surface area (Å²) in [5, 5.41) is 10.3. The summed E-state index contributed by atoms with van der Waals surface area (Å²) in [5.74, 6) is 0.717. The first-order valence-electron chi connectivity index (χ1n) is 6.30. The van der Waals surface area contributed by atoms with Crippen molar-refractivity contribution in [3.63, 3.8) is 0 Å². The number of rotatable bonds is 0. The molecule has 0 bridgehead atoms. The molecule has 0 aromatic carbocycles. The molecule has 2 unspecified atom stereocenters. The van der Waals surface area contributed by atoms with Crippen LogP contribution in [0.1, 0.15) is 69.6 Å². The van der Waals surface area contributed by atoms with Crippen molar-refractivity contribution in [1.29, 1.82) is 0 Å². The van der Waals surface area contributed by atoms with Crippen LogP contribution in [0.3, 0.4) is 0 Å². The van der Waals surface area contributed by atoms with Crippen LogP contribution in [-0.2, 0) is 10.2 Å². The van der Waals surface area contributed by atoms with Gasteiger partial charge in [-0.25, -0.2) is 0 Å². The summed E-state index contributed by atoms with van der Waals surface area (Å²) >= 11 is 0. The Labute approximate surface area is 102 Å². The van der Waals surface area contributed by atoms with E-state index in [0.717, 1.165) is 18.4 Å². The van der Waals surface area contributed by atoms with Gasteiger partial charge in [-0.15, -0.1) is 0 Å². The number of aliphatic hydroxyl groups is 1. The third kappa shape index (κ3) is 1.42. The Hall–Kier alpha value is -0.800. The Balaban J connectivity index is 2.18. The first-order valence-corrected chi connectivity index (χ1v) is 6.30. The maximum absolute atomic E-state index is 10.3. The highest BCUT2D eigenvalue weighted by Crippen LogP contribution is 2.53. The summed E-state index contributed by atoms with van der Waals surface area (Å²) in [6, 6.07) is 0. The molecule has 1 N–H and O–H groups in total. The molecule has 2 aliphatic rings. The Morgan fingerprint density at radius 3 is 2.71 bits per heavy atom. The molecule has 3 rings (SSSR count). The van der Waals surface area contributed by atoms with Gasteiger partial charge in [0.1, 0.15) is 11.9 Å². The second-order valence-corrected chi connectivity index (χ2v) is 6.46. The molecular formula is C14H20O3. The smallest absolute Gasteiger partial charge is 0.141 e. The minimum atomic E-state index is -0.670. The van der Waals surface area contributed by atoms with Gasteiger partial charge in [0.2, 0.25) is 0 Å². The molecule has 94 valence electrons. The second kappa shape index (κ2) is 3.15. The minimum absolute atomic E-state index is 0.0881. The molecule has 0 fully saturated rings. The van der Waals surface area contributed by atoms with Crippen LogP contribution in [0, 0.1) is 0 Å². The molecule has 3 nitrogen and oxygen atoms in total. The topological polar surface area (TPSA) is 42.6 Å². The van der Waals surface area contributed by atoms with E-state index in [1.165, 1.54) is 5.56 Å². The highest BCUT2D eigenvalue weighted by atomic mass is 16.5. The average molecular weight is 236 g/mol. The van der Waals surface area contributed by atoms with Gasteiger partial charge in [-0.2, -0.15) is 0 Å². The van der Waals surface area contributed by atoms with Crippen molar-refractivity contribution in [3.8, 4) is 0 Å². The summed E-state index contributed by atoms with van der Waals surface area (Å²) < 4.78 is 11.7. The summed E-state index contributed by atoms with van der Waals surface area (Å²) in [4.78, 5) is 0. The first kappa shape index (κ1) is 11.3. The Morgan fingerprint density at radius 2 is 2.00 bits per heavy atom. The van der Waals surface area contributed by atoms with Crippen LogP contribution in [0.4, 0.5) is 0 Å². The standard InChI is InChI=1S/C14H20O3/c1-13(2)6-5-9-10-8(13)7-16-11(10)12(15)14(3,4)17-9/h7,9,12,15H,5-6H2,1-4H3. The zero-order valence-electron chi connectivity index (χ0n) is 10.9. The number of ether oxygens (including phenoxy) is 1. The average Bonchev–Trinajstić information content (AvgIpc) is 2.66. The molecule has 1 aliphatic carbocycles. The Morgan fingerprint density at radius 1 is 1.29 bits per heavy atom. The molecule has 2 atom stereocenters. The molecule has 3 heteroatoms. The maximum atomic E-state index is 10.3. The van der Waals surface area contributed by atoms with Crippen molar-refractivity contribution in [2.45, 2.75) is 63.8 Å². The van der Waals surface area contributed by atoms with Gasteiger partial charge in [0.15, 0.2) is 0 Å². The quantitative estimate of drug-likeness (QED) is 0.752. The first-order chi connectivity index (χ1) is 7.83. The van der Waals surface area contributed by atoms with E-state index in [1.807, 2.05) is 20.1 Å². The fraction of sp³-hybridized carbons (Fsp3) is 0.714. The predicted molar refractivity (Wildman–Crippen MR) is 63.8 cm³/mol. The molecule has 0 amide bonds. The lowest BCUT2D eigenvalue weighted by molar-refractivity contribution is -0.166. The van der Waals surface area contributed by atoms with Gasteiger partial charge in [0, 0.05) is 11.1 Å². The molecule has 0 saturated heterocycles. The number of hydrogen-bond donors (Lipinski definition) is 1. The van der Waals surface area contributed by atoms with Gasteiger partial charge in [-0.3, -0.25) is 0 Å². The van der Waals surface area contributed by atoms with E-state index in [9.17, 15) is 5.11 Å². The molecule has 17 heavy (non-hydrogen) atoms. The lowest BCUT2D eigenvalue weighted by Crippen LogP contribution is -2.41. The zero-order valence-corrected chi connectivity index (χ0v) is 10.9. The molecule has 0 saturated carbocycles. The van der Waals surface area contributed by atoms with E-state index in [0.29, 0.717) is 5.76 Å². The van der Waals surface area contributed by atoms with Gasteiger partial charge in [-0.1, -0.05) is 13.8 Å². The van der Waals surface area contributed by atoms with E-state index < -0.39 is 11.7 Å². The highest BCUT2D eigenvalue weighted by molar-refractivity contribution is 5.41. The van der Waals surface area contributed by atoms with Crippen LogP contribution in [-0.4, -0.2) is 10.7 Å². The molecule has 1 aromatic heterocycles. The van der Waals surface area contributed by atoms with Gasteiger partial charge in [0.25, 0.3) is 0 Å². The molecule has 2 heterocycles. The molecule has 1 aromatic rings. The van der Waals surface area contributed by atoms with Crippen LogP contribution in [0.15, 0.2) is 10.7 Å². The van der Waals surface area contributed by atoms with E-state index in [2.05, 4.69) is 13.8 Å². The van der Waals surface area contributed by atoms with Crippen LogP contribution in [0.25, 0.3) is 0 Å². The normalized spacial score (nSPS) is 33.2. The third-order valence-electron chi connectivity index (χ3n) is 4.29. The van der Waals surface area contributed by atoms with Crippen molar-refractivity contribution in [2.75, 3.05) is 0 Å². The SMILES string of the molecule is CC1(C)CCC2OC(C)(C)C(O)c3occ1c32. The van der Waals surface area contributed by atoms with E-state index in [-0.39, 0.29) is 11.5 Å². The third-order valence-corrected chi connectivity index (χ3v) is 4.29. The number of furan rings is 1. The molecular weight excluding hydrogens is 216 g/mol. The second-order valence-electron chi connectivity index (χ2n) is 6.46. The highest BCUT2D eigenvalue weighted by Gasteiger charge is 2.48.